The van der Waals surface area contributed by atoms with E-state index in [0.717, 1.165) is 26.2 Å². The van der Waals surface area contributed by atoms with E-state index in [0.29, 0.717) is 18.7 Å². The van der Waals surface area contributed by atoms with E-state index in [1.807, 2.05) is 31.4 Å². The van der Waals surface area contributed by atoms with Crippen molar-refractivity contribution in [3.8, 4) is 16.3 Å². The first-order valence-corrected chi connectivity index (χ1v) is 10.8. The number of ether oxygens (including phenoxy) is 1. The Hall–Kier alpha value is -2.51. The number of aromatic nitrogens is 1. The lowest BCUT2D eigenvalue weighted by Crippen LogP contribution is -2.22. The summed E-state index contributed by atoms with van der Waals surface area (Å²) >= 11 is 3.24. The van der Waals surface area contributed by atoms with Gasteiger partial charge in [0.1, 0.15) is 5.75 Å². The number of thiazole rings is 1. The molecule has 1 amide bonds. The Kier molecular flexibility index (Phi) is 6.95. The summed E-state index contributed by atoms with van der Waals surface area (Å²) in [7, 11) is 0. The van der Waals surface area contributed by atoms with E-state index in [1.165, 1.54) is 0 Å². The summed E-state index contributed by atoms with van der Waals surface area (Å²) in [5.41, 5.74) is 1.57. The molecular formula is C21H22N2O3S2. The summed E-state index contributed by atoms with van der Waals surface area (Å²) in [6.45, 7) is 4.94. The molecular weight excluding hydrogens is 392 g/mol. The van der Waals surface area contributed by atoms with Crippen LogP contribution in [0.2, 0.25) is 0 Å². The minimum atomic E-state index is -0.126. The second kappa shape index (κ2) is 9.61. The highest BCUT2D eigenvalue weighted by Gasteiger charge is 2.11. The molecule has 2 heterocycles. The molecule has 146 valence electrons. The molecule has 0 saturated heterocycles. The maximum Gasteiger partial charge on any atom is 0.220 e. The number of Topliss-reactive ketones (excluding diaryl/α,β-unsaturated/α-hetero) is 1. The zero-order valence-electron chi connectivity index (χ0n) is 15.9. The first-order valence-electron chi connectivity index (χ1n) is 9.09. The molecule has 0 radical (unpaired) electrons. The van der Waals surface area contributed by atoms with Gasteiger partial charge >= 0.3 is 0 Å². The average molecular weight is 415 g/mol. The highest BCUT2D eigenvalue weighted by atomic mass is 32.1. The number of aryl methyl sites for hydroxylation is 1. The van der Waals surface area contributed by atoms with E-state index in [9.17, 15) is 9.59 Å². The molecule has 0 saturated carbocycles. The van der Waals surface area contributed by atoms with Gasteiger partial charge in [0.05, 0.1) is 28.7 Å². The van der Waals surface area contributed by atoms with Crippen LogP contribution in [-0.4, -0.2) is 23.3 Å². The molecule has 1 aromatic carbocycles. The fourth-order valence-corrected chi connectivity index (χ4v) is 4.23. The van der Waals surface area contributed by atoms with Crippen LogP contribution in [-0.2, 0) is 11.3 Å². The van der Waals surface area contributed by atoms with Gasteiger partial charge < -0.3 is 10.1 Å². The van der Waals surface area contributed by atoms with Crippen LogP contribution in [0.15, 0.2) is 41.8 Å². The molecule has 0 aliphatic rings. The molecule has 3 aromatic rings. The van der Waals surface area contributed by atoms with Gasteiger partial charge in [-0.15, -0.1) is 22.7 Å². The van der Waals surface area contributed by atoms with Gasteiger partial charge in [0.15, 0.2) is 5.78 Å². The lowest BCUT2D eigenvalue weighted by atomic mass is 10.1. The topological polar surface area (TPSA) is 68.3 Å². The molecule has 0 unspecified atom stereocenters. The van der Waals surface area contributed by atoms with Gasteiger partial charge in [-0.3, -0.25) is 9.59 Å². The number of rotatable bonds is 9. The monoisotopic (exact) mass is 414 g/mol. The molecule has 0 bridgehead atoms. The largest absolute Gasteiger partial charge is 0.494 e. The third kappa shape index (κ3) is 5.50. The number of amides is 1. The summed E-state index contributed by atoms with van der Waals surface area (Å²) in [6.07, 6.45) is 0.364. The molecule has 0 atom stereocenters. The molecule has 0 aliphatic heterocycles. The summed E-state index contributed by atoms with van der Waals surface area (Å²) in [5.74, 6) is 0.564. The van der Waals surface area contributed by atoms with E-state index < -0.39 is 0 Å². The van der Waals surface area contributed by atoms with Crippen LogP contribution in [0.1, 0.15) is 40.0 Å². The van der Waals surface area contributed by atoms with E-state index >= 15 is 0 Å². The van der Waals surface area contributed by atoms with E-state index in [4.69, 9.17) is 4.74 Å². The molecule has 3 rings (SSSR count). The summed E-state index contributed by atoms with van der Waals surface area (Å²) < 4.78 is 5.37. The maximum absolute atomic E-state index is 12.2. The third-order valence-corrected chi connectivity index (χ3v) is 5.94. The van der Waals surface area contributed by atoms with Crippen molar-refractivity contribution in [2.24, 2.45) is 0 Å². The highest BCUT2D eigenvalue weighted by molar-refractivity contribution is 7.16. The third-order valence-electron chi connectivity index (χ3n) is 4.06. The summed E-state index contributed by atoms with van der Waals surface area (Å²) in [6, 6.07) is 11.0. The van der Waals surface area contributed by atoms with Gasteiger partial charge in [-0.2, -0.15) is 0 Å². The number of thiophene rings is 1. The van der Waals surface area contributed by atoms with Crippen molar-refractivity contribution in [2.45, 2.75) is 33.2 Å². The van der Waals surface area contributed by atoms with Gasteiger partial charge in [-0.25, -0.2) is 4.98 Å². The molecule has 1 N–H and O–H groups in total. The van der Waals surface area contributed by atoms with Crippen LogP contribution >= 0.6 is 22.7 Å². The van der Waals surface area contributed by atoms with Crippen molar-refractivity contribution in [2.75, 3.05) is 6.61 Å². The molecule has 0 aliphatic carbocycles. The van der Waals surface area contributed by atoms with Crippen molar-refractivity contribution in [3.05, 3.63) is 57.2 Å². The standard InChI is InChI=1S/C21H22N2O3S2/c1-3-26-16-6-4-15(5-7-16)19(24)9-11-21(25)22-12-17-8-10-20(28-17)18-13-27-14(2)23-18/h4-8,10,13H,3,9,11-12H2,1-2H3,(H,22,25). The minimum absolute atomic E-state index is 0.0458. The molecule has 5 nitrogen and oxygen atoms in total. The Morgan fingerprint density at radius 1 is 1.11 bits per heavy atom. The average Bonchev–Trinajstić information content (AvgIpc) is 3.34. The molecule has 7 heteroatoms. The number of hydrogen-bond acceptors (Lipinski definition) is 6. The predicted octanol–water partition coefficient (Wildman–Crippen LogP) is 4.86. The molecule has 2 aromatic heterocycles. The number of ketones is 1. The van der Waals surface area contributed by atoms with Crippen molar-refractivity contribution in [1.29, 1.82) is 0 Å². The van der Waals surface area contributed by atoms with Crippen LogP contribution in [0, 0.1) is 6.92 Å². The Morgan fingerprint density at radius 2 is 1.89 bits per heavy atom. The van der Waals surface area contributed by atoms with Crippen molar-refractivity contribution in [1.82, 2.24) is 10.3 Å². The Labute approximate surface area is 172 Å². The number of hydrogen-bond donors (Lipinski definition) is 1. The normalized spacial score (nSPS) is 10.6. The quantitative estimate of drug-likeness (QED) is 0.508. The van der Waals surface area contributed by atoms with Gasteiger partial charge in [0.2, 0.25) is 5.91 Å². The van der Waals surface area contributed by atoms with Crippen LogP contribution in [0.5, 0.6) is 5.75 Å². The zero-order valence-corrected chi connectivity index (χ0v) is 17.5. The number of nitrogens with one attached hydrogen (secondary N) is 1. The number of carbonyl (C=O) groups excluding carboxylic acids is 2. The van der Waals surface area contributed by atoms with E-state index in [-0.39, 0.29) is 24.5 Å². The van der Waals surface area contributed by atoms with Crippen LogP contribution < -0.4 is 10.1 Å². The van der Waals surface area contributed by atoms with Crippen LogP contribution in [0.4, 0.5) is 0 Å². The fourth-order valence-electron chi connectivity index (χ4n) is 2.64. The second-order valence-corrected chi connectivity index (χ2v) is 8.41. The number of nitrogens with zero attached hydrogens (tertiary/aromatic N) is 1. The zero-order chi connectivity index (χ0) is 19.9. The Morgan fingerprint density at radius 3 is 2.57 bits per heavy atom. The summed E-state index contributed by atoms with van der Waals surface area (Å²) in [4.78, 5) is 30.9. The SMILES string of the molecule is CCOc1ccc(C(=O)CCC(=O)NCc2ccc(-c3csc(C)n3)s2)cc1. The number of carbonyl (C=O) groups is 2. The summed E-state index contributed by atoms with van der Waals surface area (Å²) in [5, 5.41) is 5.96. The van der Waals surface area contributed by atoms with Gasteiger partial charge in [0.25, 0.3) is 0 Å². The molecule has 0 spiro atoms. The van der Waals surface area contributed by atoms with Crippen LogP contribution in [0.3, 0.4) is 0 Å². The van der Waals surface area contributed by atoms with Gasteiger partial charge in [-0.1, -0.05) is 0 Å². The lowest BCUT2D eigenvalue weighted by molar-refractivity contribution is -0.121. The first-order chi connectivity index (χ1) is 13.5. The number of benzene rings is 1. The first kappa shape index (κ1) is 20.2. The van der Waals surface area contributed by atoms with Gasteiger partial charge in [0, 0.05) is 28.7 Å². The van der Waals surface area contributed by atoms with Gasteiger partial charge in [-0.05, 0) is 50.2 Å². The Balaban J connectivity index is 1.44. The predicted molar refractivity (Wildman–Crippen MR) is 113 cm³/mol. The smallest absolute Gasteiger partial charge is 0.220 e. The minimum Gasteiger partial charge on any atom is -0.494 e. The second-order valence-electron chi connectivity index (χ2n) is 6.18. The van der Waals surface area contributed by atoms with E-state index in [2.05, 4.69) is 10.3 Å². The molecule has 28 heavy (non-hydrogen) atoms. The highest BCUT2D eigenvalue weighted by Crippen LogP contribution is 2.28. The van der Waals surface area contributed by atoms with Crippen molar-refractivity contribution < 1.29 is 14.3 Å². The van der Waals surface area contributed by atoms with Crippen molar-refractivity contribution >= 4 is 34.4 Å². The van der Waals surface area contributed by atoms with Crippen molar-refractivity contribution in [3.63, 3.8) is 0 Å². The Bertz CT molecular complexity index is 945. The fraction of sp³-hybridized carbons (Fsp3) is 0.286. The maximum atomic E-state index is 12.2. The lowest BCUT2D eigenvalue weighted by Gasteiger charge is -2.05. The molecule has 0 fully saturated rings. The van der Waals surface area contributed by atoms with Crippen LogP contribution in [0.25, 0.3) is 10.6 Å². The van der Waals surface area contributed by atoms with E-state index in [1.54, 1.807) is 46.9 Å².